The van der Waals surface area contributed by atoms with E-state index in [0.717, 1.165) is 0 Å². The lowest BCUT2D eigenvalue weighted by molar-refractivity contribution is -0.120. The van der Waals surface area contributed by atoms with Crippen molar-refractivity contribution in [3.8, 4) is 0 Å². The number of amides is 2. The Balaban J connectivity index is 1.60. The average molecular weight is 515 g/mol. The molecule has 1 atom stereocenters. The van der Waals surface area contributed by atoms with Gasteiger partial charge in [0.05, 0.1) is 16.8 Å². The molecule has 1 aliphatic rings. The first-order chi connectivity index (χ1) is 17.9. The van der Waals surface area contributed by atoms with Gasteiger partial charge in [0.15, 0.2) is 5.78 Å². The number of carbonyl (C=O) groups is 3. The van der Waals surface area contributed by atoms with Crippen LogP contribution in [0, 0.1) is 5.82 Å². The van der Waals surface area contributed by atoms with Crippen LogP contribution in [0.5, 0.6) is 0 Å². The summed E-state index contributed by atoms with van der Waals surface area (Å²) in [5, 5.41) is 3.15. The fourth-order valence-electron chi connectivity index (χ4n) is 4.35. The molecule has 5 rings (SSSR count). The number of ketones is 1. The lowest BCUT2D eigenvalue weighted by Crippen LogP contribution is -2.46. The maximum absolute atomic E-state index is 15.1. The molecule has 0 fully saturated rings. The molecule has 184 valence electrons. The second-order valence-electron chi connectivity index (χ2n) is 8.49. The van der Waals surface area contributed by atoms with Crippen LogP contribution in [0.2, 0.25) is 5.02 Å². The Hall–Kier alpha value is -4.43. The minimum absolute atomic E-state index is 0.114. The standard InChI is InChI=1S/C28H20ClFN4O3/c29-19-7-8-21-23(14-19)33-27(36)24(15-20-5-1-2-11-32-20)34(28(21)37)16-18-4-3-6-22(30)25(18)26(35)17-9-12-31-13-10-17/h1-14,24H,15-16H2,(H,33,36)/t24-/m1/s1. The smallest absolute Gasteiger partial charge is 0.256 e. The van der Waals surface area contributed by atoms with Crippen molar-refractivity contribution in [3.05, 3.63) is 124 Å². The maximum Gasteiger partial charge on any atom is 0.256 e. The maximum atomic E-state index is 15.1. The highest BCUT2D eigenvalue weighted by Crippen LogP contribution is 2.30. The van der Waals surface area contributed by atoms with Crippen LogP contribution in [0.15, 0.2) is 85.3 Å². The number of rotatable bonds is 6. The van der Waals surface area contributed by atoms with E-state index in [1.54, 1.807) is 36.5 Å². The van der Waals surface area contributed by atoms with Crippen molar-refractivity contribution in [2.24, 2.45) is 0 Å². The number of hydrogen-bond donors (Lipinski definition) is 1. The molecule has 7 nitrogen and oxygen atoms in total. The van der Waals surface area contributed by atoms with Crippen LogP contribution in [0.3, 0.4) is 0 Å². The summed E-state index contributed by atoms with van der Waals surface area (Å²) in [4.78, 5) is 50.1. The molecule has 1 aliphatic heterocycles. The molecule has 2 aromatic heterocycles. The first-order valence-corrected chi connectivity index (χ1v) is 11.8. The minimum atomic E-state index is -0.985. The fraction of sp³-hybridized carbons (Fsp3) is 0.107. The van der Waals surface area contributed by atoms with Crippen LogP contribution in [-0.2, 0) is 17.8 Å². The van der Waals surface area contributed by atoms with Gasteiger partial charge in [0.25, 0.3) is 5.91 Å². The molecule has 0 aliphatic carbocycles. The van der Waals surface area contributed by atoms with E-state index < -0.39 is 29.5 Å². The number of fused-ring (bicyclic) bond motifs is 1. The topological polar surface area (TPSA) is 92.3 Å². The molecule has 37 heavy (non-hydrogen) atoms. The molecule has 0 saturated carbocycles. The lowest BCUT2D eigenvalue weighted by atomic mass is 9.97. The predicted molar refractivity (Wildman–Crippen MR) is 136 cm³/mol. The average Bonchev–Trinajstić information content (AvgIpc) is 2.99. The van der Waals surface area contributed by atoms with Crippen LogP contribution in [0.25, 0.3) is 0 Å². The lowest BCUT2D eigenvalue weighted by Gasteiger charge is -2.29. The highest BCUT2D eigenvalue weighted by atomic mass is 35.5. The second-order valence-corrected chi connectivity index (χ2v) is 8.93. The highest BCUT2D eigenvalue weighted by molar-refractivity contribution is 6.31. The van der Waals surface area contributed by atoms with E-state index in [2.05, 4.69) is 15.3 Å². The number of carbonyl (C=O) groups excluding carboxylic acids is 3. The third kappa shape index (κ3) is 4.96. The first-order valence-electron chi connectivity index (χ1n) is 11.5. The zero-order chi connectivity index (χ0) is 25.9. The first kappa shape index (κ1) is 24.3. The Morgan fingerprint density at radius 2 is 1.81 bits per heavy atom. The minimum Gasteiger partial charge on any atom is -0.323 e. The number of benzene rings is 2. The molecule has 0 unspecified atom stereocenters. The molecular weight excluding hydrogens is 495 g/mol. The Morgan fingerprint density at radius 1 is 1.00 bits per heavy atom. The Kier molecular flexibility index (Phi) is 6.74. The molecule has 0 radical (unpaired) electrons. The van der Waals surface area contributed by atoms with Crippen molar-refractivity contribution in [2.45, 2.75) is 19.0 Å². The van der Waals surface area contributed by atoms with Crippen LogP contribution < -0.4 is 5.32 Å². The summed E-state index contributed by atoms with van der Waals surface area (Å²) < 4.78 is 15.1. The van der Waals surface area contributed by atoms with Gasteiger partial charge in [-0.15, -0.1) is 0 Å². The predicted octanol–water partition coefficient (Wildman–Crippen LogP) is 4.71. The van der Waals surface area contributed by atoms with Gasteiger partial charge < -0.3 is 10.2 Å². The summed E-state index contributed by atoms with van der Waals surface area (Å²) in [6.45, 7) is -0.185. The number of hydrogen-bond acceptors (Lipinski definition) is 5. The van der Waals surface area contributed by atoms with E-state index in [4.69, 9.17) is 11.6 Å². The van der Waals surface area contributed by atoms with Gasteiger partial charge in [-0.3, -0.25) is 24.4 Å². The van der Waals surface area contributed by atoms with Gasteiger partial charge in [-0.25, -0.2) is 4.39 Å². The molecular formula is C28H20ClFN4O3. The van der Waals surface area contributed by atoms with E-state index in [1.165, 1.54) is 53.7 Å². The summed E-state index contributed by atoms with van der Waals surface area (Å²) in [6, 6.07) is 16.1. The molecule has 3 heterocycles. The normalized spacial score (nSPS) is 15.1. The summed E-state index contributed by atoms with van der Waals surface area (Å²) in [5.41, 5.74) is 1.47. The summed E-state index contributed by atoms with van der Waals surface area (Å²) in [6.07, 6.45) is 4.61. The molecule has 0 bridgehead atoms. The number of anilines is 1. The Morgan fingerprint density at radius 3 is 2.57 bits per heavy atom. The fourth-order valence-corrected chi connectivity index (χ4v) is 4.52. The van der Waals surface area contributed by atoms with Crippen LogP contribution in [0.1, 0.15) is 37.5 Å². The van der Waals surface area contributed by atoms with Gasteiger partial charge in [0, 0.05) is 47.8 Å². The number of nitrogens with zero attached hydrogens (tertiary/aromatic N) is 3. The molecule has 4 aromatic rings. The Bertz CT molecular complexity index is 1500. The van der Waals surface area contributed by atoms with Gasteiger partial charge >= 0.3 is 0 Å². The van der Waals surface area contributed by atoms with Gasteiger partial charge in [0.1, 0.15) is 11.9 Å². The van der Waals surface area contributed by atoms with Crippen molar-refractivity contribution in [2.75, 3.05) is 5.32 Å². The van der Waals surface area contributed by atoms with Crippen LogP contribution in [-0.4, -0.2) is 38.5 Å². The molecule has 1 N–H and O–H groups in total. The number of halogens is 2. The largest absolute Gasteiger partial charge is 0.323 e. The van der Waals surface area contributed by atoms with E-state index in [1.807, 2.05) is 0 Å². The van der Waals surface area contributed by atoms with E-state index in [-0.39, 0.29) is 40.9 Å². The quantitative estimate of drug-likeness (QED) is 0.376. The van der Waals surface area contributed by atoms with Gasteiger partial charge in [0.2, 0.25) is 5.91 Å². The third-order valence-corrected chi connectivity index (χ3v) is 6.38. The molecule has 0 saturated heterocycles. The molecule has 2 amide bonds. The highest BCUT2D eigenvalue weighted by Gasteiger charge is 2.36. The van der Waals surface area contributed by atoms with Crippen LogP contribution in [0.4, 0.5) is 10.1 Å². The molecule has 9 heteroatoms. The second kappa shape index (κ2) is 10.3. The van der Waals surface area contributed by atoms with Crippen molar-refractivity contribution < 1.29 is 18.8 Å². The molecule has 2 aromatic carbocycles. The van der Waals surface area contributed by atoms with Gasteiger partial charge in [-0.05, 0) is 54.1 Å². The van der Waals surface area contributed by atoms with Gasteiger partial charge in [-0.2, -0.15) is 0 Å². The monoisotopic (exact) mass is 514 g/mol. The zero-order valence-corrected chi connectivity index (χ0v) is 20.2. The summed E-state index contributed by atoms with van der Waals surface area (Å²) in [7, 11) is 0. The number of aromatic nitrogens is 2. The third-order valence-electron chi connectivity index (χ3n) is 6.15. The number of nitrogens with one attached hydrogen (secondary N) is 1. The van der Waals surface area contributed by atoms with Crippen molar-refractivity contribution in [1.82, 2.24) is 14.9 Å². The zero-order valence-electron chi connectivity index (χ0n) is 19.4. The van der Waals surface area contributed by atoms with Crippen molar-refractivity contribution in [3.63, 3.8) is 0 Å². The van der Waals surface area contributed by atoms with Gasteiger partial charge in [-0.1, -0.05) is 29.8 Å². The van der Waals surface area contributed by atoms with E-state index in [9.17, 15) is 14.4 Å². The molecule has 0 spiro atoms. The van der Waals surface area contributed by atoms with Crippen molar-refractivity contribution >= 4 is 34.9 Å². The summed E-state index contributed by atoms with van der Waals surface area (Å²) >= 11 is 6.12. The van der Waals surface area contributed by atoms with E-state index in [0.29, 0.717) is 10.7 Å². The Labute approximate surface area is 216 Å². The SMILES string of the molecule is O=C(c1ccncc1)c1c(F)cccc1CN1C(=O)c2ccc(Cl)cc2NC(=O)[C@H]1Cc1ccccn1. The van der Waals surface area contributed by atoms with Crippen molar-refractivity contribution in [1.29, 1.82) is 0 Å². The van der Waals surface area contributed by atoms with Crippen LogP contribution >= 0.6 is 11.6 Å². The summed E-state index contributed by atoms with van der Waals surface area (Å²) in [5.74, 6) is -2.17. The number of pyridine rings is 2. The van der Waals surface area contributed by atoms with E-state index >= 15 is 4.39 Å².